The first kappa shape index (κ1) is 15.8. The first-order valence-electron chi connectivity index (χ1n) is 6.55. The predicted octanol–water partition coefficient (Wildman–Crippen LogP) is 1.23. The van der Waals surface area contributed by atoms with Gasteiger partial charge in [-0.3, -0.25) is 4.79 Å². The Morgan fingerprint density at radius 1 is 1.48 bits per heavy atom. The summed E-state index contributed by atoms with van der Waals surface area (Å²) in [5.74, 6) is -1.52. The molecule has 0 spiro atoms. The summed E-state index contributed by atoms with van der Waals surface area (Å²) in [5, 5.41) is 12.2. The Balaban J connectivity index is 1.80. The average molecular weight is 306 g/mol. The van der Waals surface area contributed by atoms with E-state index < -0.39 is 18.0 Å². The van der Waals surface area contributed by atoms with Crippen molar-refractivity contribution in [3.05, 3.63) is 23.7 Å². The number of hydrogen-bond donors (Lipinski definition) is 2. The van der Waals surface area contributed by atoms with Gasteiger partial charge < -0.3 is 19.7 Å². The lowest BCUT2D eigenvalue weighted by Crippen LogP contribution is -2.29. The Bertz CT molecular complexity index is 501. The number of alkyl halides is 3. The maximum atomic E-state index is 12.3. The van der Waals surface area contributed by atoms with Crippen LogP contribution in [0.25, 0.3) is 0 Å². The Morgan fingerprint density at radius 2 is 2.19 bits per heavy atom. The van der Waals surface area contributed by atoms with E-state index in [1.807, 2.05) is 11.9 Å². The van der Waals surface area contributed by atoms with Crippen molar-refractivity contribution in [2.75, 3.05) is 20.1 Å². The van der Waals surface area contributed by atoms with E-state index in [-0.39, 0.29) is 30.6 Å². The standard InChI is InChI=1S/C13H17F3N2O3/c1-18-6-8(10(19)7-18)4-12(20)17-5-9-2-3-11(21-9)13(14,15)16/h2-3,8,10,19H,4-7H2,1H3,(H,17,20)/t8-,10-/m1/s1. The van der Waals surface area contributed by atoms with Crippen molar-refractivity contribution in [3.8, 4) is 0 Å². The molecule has 0 bridgehead atoms. The van der Waals surface area contributed by atoms with Crippen molar-refractivity contribution in [1.82, 2.24) is 10.2 Å². The number of likely N-dealkylation sites (tertiary alicyclic amines) is 1. The van der Waals surface area contributed by atoms with E-state index in [9.17, 15) is 23.1 Å². The number of nitrogens with zero attached hydrogens (tertiary/aromatic N) is 1. The number of aliphatic hydroxyl groups excluding tert-OH is 1. The summed E-state index contributed by atoms with van der Waals surface area (Å²) in [4.78, 5) is 13.6. The lowest BCUT2D eigenvalue weighted by atomic mass is 10.0. The molecule has 2 N–H and O–H groups in total. The smallest absolute Gasteiger partial charge is 0.449 e. The fourth-order valence-electron chi connectivity index (χ4n) is 2.39. The van der Waals surface area contributed by atoms with Crippen molar-refractivity contribution < 1.29 is 27.5 Å². The lowest BCUT2D eigenvalue weighted by Gasteiger charge is -2.12. The lowest BCUT2D eigenvalue weighted by molar-refractivity contribution is -0.153. The number of carbonyl (C=O) groups excluding carboxylic acids is 1. The first-order chi connectivity index (χ1) is 9.75. The Hall–Kier alpha value is -1.54. The van der Waals surface area contributed by atoms with Crippen LogP contribution >= 0.6 is 0 Å². The van der Waals surface area contributed by atoms with Crippen molar-refractivity contribution in [2.24, 2.45) is 5.92 Å². The van der Waals surface area contributed by atoms with Crippen LogP contribution in [0.3, 0.4) is 0 Å². The molecular weight excluding hydrogens is 289 g/mol. The van der Waals surface area contributed by atoms with Gasteiger partial charge in [-0.2, -0.15) is 13.2 Å². The third-order valence-corrected chi connectivity index (χ3v) is 3.44. The molecule has 0 unspecified atom stereocenters. The maximum absolute atomic E-state index is 12.3. The van der Waals surface area contributed by atoms with E-state index in [4.69, 9.17) is 0 Å². The molecule has 2 atom stereocenters. The van der Waals surface area contributed by atoms with Gasteiger partial charge in [0.05, 0.1) is 12.6 Å². The SMILES string of the molecule is CN1C[C@@H](CC(=O)NCc2ccc(C(F)(F)F)o2)[C@H](O)C1. The zero-order valence-electron chi connectivity index (χ0n) is 11.5. The van der Waals surface area contributed by atoms with Gasteiger partial charge >= 0.3 is 6.18 Å². The molecule has 1 fully saturated rings. The Kier molecular flexibility index (Phi) is 4.58. The summed E-state index contributed by atoms with van der Waals surface area (Å²) in [6, 6.07) is 2.01. The Morgan fingerprint density at radius 3 is 2.71 bits per heavy atom. The van der Waals surface area contributed by atoms with E-state index in [1.54, 1.807) is 0 Å². The van der Waals surface area contributed by atoms with E-state index in [2.05, 4.69) is 9.73 Å². The van der Waals surface area contributed by atoms with Crippen LogP contribution in [0, 0.1) is 5.92 Å². The van der Waals surface area contributed by atoms with Crippen LogP contribution in [0.4, 0.5) is 13.2 Å². The van der Waals surface area contributed by atoms with Gasteiger partial charge in [0.25, 0.3) is 0 Å². The minimum absolute atomic E-state index is 0.0414. The monoisotopic (exact) mass is 306 g/mol. The highest BCUT2D eigenvalue weighted by Gasteiger charge is 2.35. The van der Waals surface area contributed by atoms with Gasteiger partial charge in [0.1, 0.15) is 5.76 Å². The van der Waals surface area contributed by atoms with Crippen molar-refractivity contribution in [3.63, 3.8) is 0 Å². The van der Waals surface area contributed by atoms with Gasteiger partial charge in [0.2, 0.25) is 11.7 Å². The van der Waals surface area contributed by atoms with Crippen molar-refractivity contribution in [2.45, 2.75) is 25.2 Å². The molecule has 8 heteroatoms. The average Bonchev–Trinajstić information content (AvgIpc) is 2.94. The number of aliphatic hydroxyl groups is 1. The van der Waals surface area contributed by atoms with E-state index in [0.717, 1.165) is 6.07 Å². The summed E-state index contributed by atoms with van der Waals surface area (Å²) in [7, 11) is 1.85. The van der Waals surface area contributed by atoms with Gasteiger partial charge in [-0.1, -0.05) is 0 Å². The zero-order chi connectivity index (χ0) is 15.6. The second-order valence-corrected chi connectivity index (χ2v) is 5.29. The van der Waals surface area contributed by atoms with Gasteiger partial charge in [0, 0.05) is 25.4 Å². The number of amides is 1. The molecule has 21 heavy (non-hydrogen) atoms. The number of β-amino-alcohol motifs (C(OH)–C–C–N with tert-alkyl or cyclic N) is 1. The van der Waals surface area contributed by atoms with Crippen LogP contribution in [-0.4, -0.2) is 42.2 Å². The first-order valence-corrected chi connectivity index (χ1v) is 6.55. The number of furan rings is 1. The fraction of sp³-hybridized carbons (Fsp3) is 0.615. The number of hydrogen-bond acceptors (Lipinski definition) is 4. The molecule has 1 aliphatic heterocycles. The van der Waals surface area contributed by atoms with Crippen LogP contribution in [0.2, 0.25) is 0 Å². The second-order valence-electron chi connectivity index (χ2n) is 5.29. The molecule has 5 nitrogen and oxygen atoms in total. The fourth-order valence-corrected chi connectivity index (χ4v) is 2.39. The van der Waals surface area contributed by atoms with Gasteiger partial charge in [-0.05, 0) is 19.2 Å². The molecule has 1 aromatic rings. The quantitative estimate of drug-likeness (QED) is 0.878. The highest BCUT2D eigenvalue weighted by Crippen LogP contribution is 2.30. The summed E-state index contributed by atoms with van der Waals surface area (Å²) >= 11 is 0. The van der Waals surface area contributed by atoms with Gasteiger partial charge in [-0.15, -0.1) is 0 Å². The van der Waals surface area contributed by atoms with Crippen molar-refractivity contribution >= 4 is 5.91 Å². The molecule has 0 radical (unpaired) electrons. The number of carbonyl (C=O) groups is 1. The zero-order valence-corrected chi connectivity index (χ0v) is 11.5. The number of nitrogens with one attached hydrogen (secondary N) is 1. The van der Waals surface area contributed by atoms with E-state index in [0.29, 0.717) is 13.1 Å². The second kappa shape index (κ2) is 6.07. The van der Waals surface area contributed by atoms with Crippen LogP contribution in [0.15, 0.2) is 16.5 Å². The normalized spacial score (nSPS) is 23.5. The van der Waals surface area contributed by atoms with Crippen LogP contribution in [0.1, 0.15) is 17.9 Å². The summed E-state index contributed by atoms with van der Waals surface area (Å²) < 4.78 is 41.6. The minimum Gasteiger partial charge on any atom is -0.455 e. The third kappa shape index (κ3) is 4.21. The summed E-state index contributed by atoms with van der Waals surface area (Å²) in [6.07, 6.45) is -4.94. The highest BCUT2D eigenvalue weighted by atomic mass is 19.4. The topological polar surface area (TPSA) is 65.7 Å². The molecule has 1 aliphatic rings. The molecule has 2 heterocycles. The predicted molar refractivity (Wildman–Crippen MR) is 67.2 cm³/mol. The molecule has 1 aromatic heterocycles. The highest BCUT2D eigenvalue weighted by molar-refractivity contribution is 5.76. The molecule has 1 saturated heterocycles. The third-order valence-electron chi connectivity index (χ3n) is 3.44. The number of halogens is 3. The molecule has 0 saturated carbocycles. The van der Waals surface area contributed by atoms with Gasteiger partial charge in [-0.25, -0.2) is 0 Å². The molecule has 2 rings (SSSR count). The number of rotatable bonds is 4. The van der Waals surface area contributed by atoms with Crippen LogP contribution in [-0.2, 0) is 17.5 Å². The molecular formula is C13H17F3N2O3. The number of likely N-dealkylation sites (N-methyl/N-ethyl adjacent to an activating group) is 1. The van der Waals surface area contributed by atoms with E-state index >= 15 is 0 Å². The van der Waals surface area contributed by atoms with Crippen LogP contribution in [0.5, 0.6) is 0 Å². The molecule has 0 aromatic carbocycles. The van der Waals surface area contributed by atoms with Crippen molar-refractivity contribution in [1.29, 1.82) is 0 Å². The largest absolute Gasteiger partial charge is 0.455 e. The maximum Gasteiger partial charge on any atom is 0.449 e. The van der Waals surface area contributed by atoms with E-state index in [1.165, 1.54) is 6.07 Å². The minimum atomic E-state index is -4.53. The Labute approximate surface area is 119 Å². The molecule has 118 valence electrons. The summed E-state index contributed by atoms with van der Waals surface area (Å²) in [6.45, 7) is 1.03. The summed E-state index contributed by atoms with van der Waals surface area (Å²) in [5.41, 5.74) is 0. The van der Waals surface area contributed by atoms with Crippen LogP contribution < -0.4 is 5.32 Å². The molecule has 1 amide bonds. The van der Waals surface area contributed by atoms with Gasteiger partial charge in [0.15, 0.2) is 0 Å². The molecule has 0 aliphatic carbocycles.